The average molecular weight is 155 g/mol. The van der Waals surface area contributed by atoms with Crippen LogP contribution in [0.4, 0.5) is 0 Å². The maximum atomic E-state index is 9.19. The van der Waals surface area contributed by atoms with E-state index in [1.54, 1.807) is 0 Å². The van der Waals surface area contributed by atoms with Crippen LogP contribution in [0.5, 0.6) is 0 Å². The molecule has 0 aliphatic carbocycles. The molecule has 0 spiro atoms. The first kappa shape index (κ1) is 9.65. The van der Waals surface area contributed by atoms with Crippen molar-refractivity contribution in [2.75, 3.05) is 6.26 Å². The fraction of sp³-hybridized carbons (Fsp3) is 1.00. The van der Waals surface area contributed by atoms with E-state index in [4.69, 9.17) is 4.55 Å². The van der Waals surface area contributed by atoms with E-state index >= 15 is 0 Å². The van der Waals surface area contributed by atoms with E-state index in [2.05, 4.69) is 0 Å². The van der Waals surface area contributed by atoms with Crippen LogP contribution >= 0.6 is 0 Å². The van der Waals surface area contributed by atoms with Crippen LogP contribution in [0.3, 0.4) is 0 Å². The van der Waals surface area contributed by atoms with Crippen LogP contribution in [0.15, 0.2) is 0 Å². The largest absolute Gasteiger partial charge is 0.286 e. The van der Waals surface area contributed by atoms with E-state index in [-0.39, 0.29) is 16.8 Å². The van der Waals surface area contributed by atoms with Crippen LogP contribution in [0.2, 0.25) is 0 Å². The average Bonchev–Trinajstić information content (AvgIpc) is 0.722. The first-order valence-electron chi connectivity index (χ1n) is 0.924. The van der Waals surface area contributed by atoms with E-state index in [0.717, 1.165) is 0 Å². The van der Waals surface area contributed by atoms with E-state index in [0.29, 0.717) is 6.26 Å². The third-order valence-corrected chi connectivity index (χ3v) is 0. The first-order chi connectivity index (χ1) is 2.00. The minimum Gasteiger partial charge on any atom is -0.286 e. The number of hydrogen-bond donors (Lipinski definition) is 1. The van der Waals surface area contributed by atoms with Crippen molar-refractivity contribution in [2.24, 2.45) is 0 Å². The predicted octanol–water partition coefficient (Wildman–Crippen LogP) is -0.498. The summed E-state index contributed by atoms with van der Waals surface area (Å²) in [4.78, 5) is 0. The molecule has 1 radical (unpaired) electrons. The van der Waals surface area contributed by atoms with Gasteiger partial charge in [-0.05, 0) is 0 Å². The standard InChI is InChI=1S/CH4O3S.Co/c1-5(2,3)4;/h1H3,(H,2,3,4);. The Balaban J connectivity index is 0. The van der Waals surface area contributed by atoms with Gasteiger partial charge in [-0.1, -0.05) is 0 Å². The zero-order chi connectivity index (χ0) is 4.50. The Labute approximate surface area is 46.7 Å². The molecule has 0 amide bonds. The van der Waals surface area contributed by atoms with Gasteiger partial charge in [0.05, 0.1) is 6.26 Å². The molecular formula is CH4CoO3S. The van der Waals surface area contributed by atoms with Gasteiger partial charge in [-0.2, -0.15) is 8.42 Å². The van der Waals surface area contributed by atoms with Gasteiger partial charge in [0.25, 0.3) is 10.1 Å². The molecule has 1 N–H and O–H groups in total. The van der Waals surface area contributed by atoms with Crippen molar-refractivity contribution < 1.29 is 29.7 Å². The Morgan fingerprint density at radius 3 is 1.50 bits per heavy atom. The summed E-state index contributed by atoms with van der Waals surface area (Å²) < 4.78 is 25.9. The van der Waals surface area contributed by atoms with Crippen molar-refractivity contribution in [3.05, 3.63) is 0 Å². The Bertz CT molecular complexity index is 94.0. The molecule has 0 unspecified atom stereocenters. The summed E-state index contributed by atoms with van der Waals surface area (Å²) in [6.07, 6.45) is 0.715. The molecule has 0 heterocycles. The van der Waals surface area contributed by atoms with Crippen LogP contribution in [0.25, 0.3) is 0 Å². The molecule has 0 aromatic heterocycles. The fourth-order valence-electron chi connectivity index (χ4n) is 0. The predicted molar refractivity (Wildman–Crippen MR) is 17.5 cm³/mol. The molecule has 0 aromatic carbocycles. The molecule has 0 aliphatic heterocycles. The minimum atomic E-state index is -3.67. The van der Waals surface area contributed by atoms with Crippen molar-refractivity contribution in [1.29, 1.82) is 0 Å². The molecule has 0 rings (SSSR count). The fourth-order valence-corrected chi connectivity index (χ4v) is 0. The van der Waals surface area contributed by atoms with Crippen molar-refractivity contribution in [2.45, 2.75) is 0 Å². The topological polar surface area (TPSA) is 54.4 Å². The van der Waals surface area contributed by atoms with Crippen LogP contribution in [0.1, 0.15) is 0 Å². The van der Waals surface area contributed by atoms with Gasteiger partial charge in [-0.3, -0.25) is 4.55 Å². The van der Waals surface area contributed by atoms with Crippen molar-refractivity contribution in [3.63, 3.8) is 0 Å². The monoisotopic (exact) mass is 155 g/mol. The second-order valence-corrected chi connectivity index (χ2v) is 2.20. The second kappa shape index (κ2) is 2.57. The van der Waals surface area contributed by atoms with Gasteiger partial charge < -0.3 is 0 Å². The van der Waals surface area contributed by atoms with Gasteiger partial charge in [0.2, 0.25) is 0 Å². The molecule has 0 bridgehead atoms. The van der Waals surface area contributed by atoms with E-state index < -0.39 is 10.1 Å². The molecule has 0 atom stereocenters. The third-order valence-electron chi connectivity index (χ3n) is 0. The van der Waals surface area contributed by atoms with Crippen molar-refractivity contribution in [1.82, 2.24) is 0 Å². The quantitative estimate of drug-likeness (QED) is 0.480. The minimum absolute atomic E-state index is 0. The molecule has 0 fully saturated rings. The molecule has 41 valence electrons. The zero-order valence-electron chi connectivity index (χ0n) is 3.01. The molecule has 0 saturated carbocycles. The van der Waals surface area contributed by atoms with Gasteiger partial charge in [-0.15, -0.1) is 0 Å². The van der Waals surface area contributed by atoms with E-state index in [1.165, 1.54) is 0 Å². The third kappa shape index (κ3) is 297. The van der Waals surface area contributed by atoms with Crippen molar-refractivity contribution >= 4 is 10.1 Å². The molecule has 0 aromatic rings. The van der Waals surface area contributed by atoms with E-state index in [9.17, 15) is 8.42 Å². The van der Waals surface area contributed by atoms with Crippen molar-refractivity contribution in [3.8, 4) is 0 Å². The molecule has 0 saturated heterocycles. The van der Waals surface area contributed by atoms with Gasteiger partial charge in [-0.25, -0.2) is 0 Å². The summed E-state index contributed by atoms with van der Waals surface area (Å²) in [7, 11) is -3.67. The molecular weight excluding hydrogens is 151 g/mol. The molecule has 0 aliphatic rings. The van der Waals surface area contributed by atoms with Crippen LogP contribution in [-0.2, 0) is 26.9 Å². The van der Waals surface area contributed by atoms with E-state index in [1.807, 2.05) is 0 Å². The second-order valence-electron chi connectivity index (χ2n) is 0.733. The summed E-state index contributed by atoms with van der Waals surface area (Å²) in [5, 5.41) is 0. The molecule has 6 heavy (non-hydrogen) atoms. The summed E-state index contributed by atoms with van der Waals surface area (Å²) in [6.45, 7) is 0. The zero-order valence-corrected chi connectivity index (χ0v) is 4.86. The summed E-state index contributed by atoms with van der Waals surface area (Å²) in [5.41, 5.74) is 0. The number of rotatable bonds is 0. The first-order valence-corrected chi connectivity index (χ1v) is 2.77. The molecule has 5 heteroatoms. The number of hydrogen-bond acceptors (Lipinski definition) is 2. The van der Waals surface area contributed by atoms with Gasteiger partial charge >= 0.3 is 0 Å². The maximum Gasteiger partial charge on any atom is 0.261 e. The van der Waals surface area contributed by atoms with Gasteiger partial charge in [0.15, 0.2) is 0 Å². The van der Waals surface area contributed by atoms with Gasteiger partial charge in [0.1, 0.15) is 0 Å². The summed E-state index contributed by atoms with van der Waals surface area (Å²) >= 11 is 0. The van der Waals surface area contributed by atoms with Gasteiger partial charge in [0, 0.05) is 16.8 Å². The smallest absolute Gasteiger partial charge is 0.261 e. The SMILES string of the molecule is CS(=O)(=O)O.[Co]. The summed E-state index contributed by atoms with van der Waals surface area (Å²) in [5.74, 6) is 0. The van der Waals surface area contributed by atoms with Crippen LogP contribution in [0, 0.1) is 0 Å². The summed E-state index contributed by atoms with van der Waals surface area (Å²) in [6, 6.07) is 0. The van der Waals surface area contributed by atoms with Crippen LogP contribution < -0.4 is 0 Å². The Morgan fingerprint density at radius 2 is 1.50 bits per heavy atom. The normalized spacial score (nSPS) is 9.67. The molecule has 3 nitrogen and oxygen atoms in total. The maximum absolute atomic E-state index is 9.19. The Morgan fingerprint density at radius 1 is 1.50 bits per heavy atom. The Hall–Kier alpha value is 0.416. The Kier molecular flexibility index (Phi) is 4.13. The van der Waals surface area contributed by atoms with Crippen LogP contribution in [-0.4, -0.2) is 19.2 Å².